The first-order chi connectivity index (χ1) is 10.8. The van der Waals surface area contributed by atoms with Gasteiger partial charge in [0.1, 0.15) is 10.7 Å². The van der Waals surface area contributed by atoms with Gasteiger partial charge in [-0.25, -0.2) is 13.2 Å². The molecular formula is C14H19NO7S. The summed E-state index contributed by atoms with van der Waals surface area (Å²) in [6.07, 6.45) is 0.826. The Labute approximate surface area is 134 Å². The zero-order chi connectivity index (χ0) is 17.2. The number of hydrogen-bond donors (Lipinski definition) is 1. The first kappa shape index (κ1) is 17.5. The quantitative estimate of drug-likeness (QED) is 0.795. The second kappa shape index (κ2) is 6.71. The summed E-state index contributed by atoms with van der Waals surface area (Å²) in [4.78, 5) is 22.4. The van der Waals surface area contributed by atoms with Gasteiger partial charge >= 0.3 is 11.9 Å². The van der Waals surface area contributed by atoms with Crippen LogP contribution >= 0.6 is 0 Å². The van der Waals surface area contributed by atoms with Gasteiger partial charge in [-0.15, -0.1) is 0 Å². The molecule has 1 fully saturated rings. The number of carbonyl (C=O) groups is 2. The molecule has 1 aromatic rings. The van der Waals surface area contributed by atoms with E-state index in [9.17, 15) is 18.0 Å². The lowest BCUT2D eigenvalue weighted by Gasteiger charge is -2.29. The predicted octanol–water partition coefficient (Wildman–Crippen LogP) is 1.11. The van der Waals surface area contributed by atoms with E-state index >= 15 is 0 Å². The fraction of sp³-hybridized carbons (Fsp3) is 0.571. The van der Waals surface area contributed by atoms with Crippen molar-refractivity contribution in [1.29, 1.82) is 0 Å². The molecule has 0 radical (unpaired) electrons. The molecule has 0 saturated carbocycles. The first-order valence-electron chi connectivity index (χ1n) is 7.25. The fourth-order valence-electron chi connectivity index (χ4n) is 2.56. The van der Waals surface area contributed by atoms with Crippen LogP contribution in [0.25, 0.3) is 0 Å². The molecule has 1 N–H and O–H groups in total. The van der Waals surface area contributed by atoms with Crippen molar-refractivity contribution in [3.05, 3.63) is 17.6 Å². The van der Waals surface area contributed by atoms with Crippen LogP contribution in [0.2, 0.25) is 0 Å². The van der Waals surface area contributed by atoms with Crippen molar-refractivity contribution in [1.82, 2.24) is 4.31 Å². The van der Waals surface area contributed by atoms with Gasteiger partial charge in [-0.05, 0) is 12.8 Å². The molecule has 0 unspecified atom stereocenters. The van der Waals surface area contributed by atoms with E-state index in [4.69, 9.17) is 9.52 Å². The van der Waals surface area contributed by atoms with Gasteiger partial charge in [0.15, 0.2) is 0 Å². The molecule has 0 spiro atoms. The molecule has 2 rings (SSSR count). The Morgan fingerprint density at radius 3 is 2.48 bits per heavy atom. The molecule has 1 aliphatic rings. The number of nitrogens with zero attached hydrogens (tertiary/aromatic N) is 1. The maximum atomic E-state index is 12.7. The Hall–Kier alpha value is -1.87. The third-order valence-corrected chi connectivity index (χ3v) is 5.85. The number of aryl methyl sites for hydroxylation is 1. The number of rotatable bonds is 5. The zero-order valence-corrected chi connectivity index (χ0v) is 13.8. The van der Waals surface area contributed by atoms with E-state index in [1.54, 1.807) is 6.92 Å². The summed E-state index contributed by atoms with van der Waals surface area (Å²) < 4.78 is 36.5. The van der Waals surface area contributed by atoms with E-state index in [0.717, 1.165) is 0 Å². The molecule has 128 valence electrons. The van der Waals surface area contributed by atoms with E-state index in [0.29, 0.717) is 6.42 Å². The largest absolute Gasteiger partial charge is 0.481 e. The minimum atomic E-state index is -3.84. The van der Waals surface area contributed by atoms with Crippen LogP contribution in [0.15, 0.2) is 15.4 Å². The third kappa shape index (κ3) is 3.40. The van der Waals surface area contributed by atoms with Gasteiger partial charge in [-0.1, -0.05) is 6.92 Å². The van der Waals surface area contributed by atoms with Crippen LogP contribution in [0.1, 0.15) is 36.1 Å². The zero-order valence-electron chi connectivity index (χ0n) is 12.9. The van der Waals surface area contributed by atoms with Crippen molar-refractivity contribution in [2.75, 3.05) is 20.2 Å². The molecule has 0 atom stereocenters. The summed E-state index contributed by atoms with van der Waals surface area (Å²) in [7, 11) is -2.65. The molecule has 23 heavy (non-hydrogen) atoms. The summed E-state index contributed by atoms with van der Waals surface area (Å²) in [5.41, 5.74) is 0. The van der Waals surface area contributed by atoms with Crippen molar-refractivity contribution in [3.8, 4) is 0 Å². The van der Waals surface area contributed by atoms with Crippen LogP contribution in [0.3, 0.4) is 0 Å². The molecule has 0 aromatic carbocycles. The highest BCUT2D eigenvalue weighted by Crippen LogP contribution is 2.28. The van der Waals surface area contributed by atoms with E-state index in [-0.39, 0.29) is 42.3 Å². The number of piperidine rings is 1. The van der Waals surface area contributed by atoms with E-state index in [2.05, 4.69) is 4.74 Å². The Morgan fingerprint density at radius 2 is 2.00 bits per heavy atom. The SMILES string of the molecule is CCc1oc(C(=O)OC)cc1S(=O)(=O)N1CCC(C(=O)O)CC1. The number of esters is 1. The van der Waals surface area contributed by atoms with E-state index in [1.807, 2.05) is 0 Å². The van der Waals surface area contributed by atoms with Crippen LogP contribution in [0.5, 0.6) is 0 Å². The highest BCUT2D eigenvalue weighted by molar-refractivity contribution is 7.89. The minimum absolute atomic E-state index is 0.0609. The summed E-state index contributed by atoms with van der Waals surface area (Å²) in [5, 5.41) is 8.98. The molecule has 0 amide bonds. The number of hydrogen-bond acceptors (Lipinski definition) is 6. The number of carboxylic acids is 1. The Bertz CT molecular complexity index is 699. The number of carboxylic acid groups (broad SMARTS) is 1. The van der Waals surface area contributed by atoms with Crippen LogP contribution in [-0.4, -0.2) is 50.0 Å². The van der Waals surface area contributed by atoms with Crippen molar-refractivity contribution in [2.45, 2.75) is 31.1 Å². The van der Waals surface area contributed by atoms with Crippen LogP contribution < -0.4 is 0 Å². The van der Waals surface area contributed by atoms with Crippen LogP contribution in [-0.2, 0) is 26.0 Å². The lowest BCUT2D eigenvalue weighted by atomic mass is 9.99. The van der Waals surface area contributed by atoms with Gasteiger partial charge in [0.2, 0.25) is 15.8 Å². The Balaban J connectivity index is 2.28. The van der Waals surface area contributed by atoms with E-state index < -0.39 is 27.9 Å². The maximum Gasteiger partial charge on any atom is 0.373 e. The normalized spacial score (nSPS) is 17.1. The summed E-state index contributed by atoms with van der Waals surface area (Å²) in [6.45, 7) is 1.97. The molecule has 9 heteroatoms. The van der Waals surface area contributed by atoms with Gasteiger partial charge in [0.25, 0.3) is 0 Å². The first-order valence-corrected chi connectivity index (χ1v) is 8.69. The van der Waals surface area contributed by atoms with Crippen molar-refractivity contribution in [2.24, 2.45) is 5.92 Å². The smallest absolute Gasteiger partial charge is 0.373 e. The Kier molecular flexibility index (Phi) is 5.10. The number of aliphatic carboxylic acids is 1. The molecule has 0 aliphatic carbocycles. The molecule has 8 nitrogen and oxygen atoms in total. The van der Waals surface area contributed by atoms with Gasteiger partial charge in [0.05, 0.1) is 13.0 Å². The number of carbonyl (C=O) groups excluding carboxylic acids is 1. The number of furan rings is 1. The van der Waals surface area contributed by atoms with E-state index in [1.165, 1.54) is 17.5 Å². The minimum Gasteiger partial charge on any atom is -0.481 e. The summed E-state index contributed by atoms with van der Waals surface area (Å²) in [5.74, 6) is -2.16. The predicted molar refractivity (Wildman–Crippen MR) is 78.5 cm³/mol. The standard InChI is InChI=1S/C14H19NO7S/c1-3-10-12(8-11(22-10)14(18)21-2)23(19,20)15-6-4-9(5-7-15)13(16)17/h8-9H,3-7H2,1-2H3,(H,16,17). The molecule has 1 aliphatic heterocycles. The molecule has 1 saturated heterocycles. The Morgan fingerprint density at radius 1 is 1.39 bits per heavy atom. The van der Waals surface area contributed by atoms with Gasteiger partial charge in [0, 0.05) is 25.6 Å². The average Bonchev–Trinajstić information content (AvgIpc) is 2.99. The lowest BCUT2D eigenvalue weighted by Crippen LogP contribution is -2.40. The molecular weight excluding hydrogens is 326 g/mol. The van der Waals surface area contributed by atoms with Crippen molar-refractivity contribution >= 4 is 22.0 Å². The van der Waals surface area contributed by atoms with Crippen molar-refractivity contribution < 1.29 is 32.3 Å². The number of ether oxygens (including phenoxy) is 1. The molecule has 1 aromatic heterocycles. The van der Waals surface area contributed by atoms with Crippen molar-refractivity contribution in [3.63, 3.8) is 0 Å². The highest BCUT2D eigenvalue weighted by Gasteiger charge is 2.35. The fourth-order valence-corrected chi connectivity index (χ4v) is 4.26. The monoisotopic (exact) mass is 345 g/mol. The number of sulfonamides is 1. The molecule has 2 heterocycles. The summed E-state index contributed by atoms with van der Waals surface area (Å²) >= 11 is 0. The third-order valence-electron chi connectivity index (χ3n) is 3.90. The van der Waals surface area contributed by atoms with Gasteiger partial charge in [-0.3, -0.25) is 4.79 Å². The van der Waals surface area contributed by atoms with Crippen LogP contribution in [0.4, 0.5) is 0 Å². The average molecular weight is 345 g/mol. The lowest BCUT2D eigenvalue weighted by molar-refractivity contribution is -0.142. The highest BCUT2D eigenvalue weighted by atomic mass is 32.2. The molecule has 0 bridgehead atoms. The second-order valence-corrected chi connectivity index (χ2v) is 7.17. The maximum absolute atomic E-state index is 12.7. The van der Waals surface area contributed by atoms with Crippen LogP contribution in [0, 0.1) is 5.92 Å². The summed E-state index contributed by atoms with van der Waals surface area (Å²) in [6, 6.07) is 1.17. The van der Waals surface area contributed by atoms with Gasteiger partial charge in [-0.2, -0.15) is 4.31 Å². The number of methoxy groups -OCH3 is 1. The topological polar surface area (TPSA) is 114 Å². The van der Waals surface area contributed by atoms with Gasteiger partial charge < -0.3 is 14.3 Å². The second-order valence-electron chi connectivity index (χ2n) is 5.26.